The average molecular weight is 403 g/mol. The molecule has 1 aromatic rings. The Balaban J connectivity index is 1.43. The lowest BCUT2D eigenvalue weighted by molar-refractivity contribution is -0.133. The summed E-state index contributed by atoms with van der Waals surface area (Å²) in [5, 5.41) is 0. The summed E-state index contributed by atoms with van der Waals surface area (Å²) in [6, 6.07) is 7.05. The van der Waals surface area contributed by atoms with Gasteiger partial charge in [-0.1, -0.05) is 63.5 Å². The largest absolute Gasteiger partial charge is 0.463 e. The Morgan fingerprint density at radius 3 is 1.79 bits per heavy atom. The van der Waals surface area contributed by atoms with Crippen LogP contribution in [0.2, 0.25) is 0 Å². The normalized spacial score (nSPS) is 14.2. The summed E-state index contributed by atoms with van der Waals surface area (Å²) in [5.74, 6) is -0.304. The van der Waals surface area contributed by atoms with E-state index in [0.29, 0.717) is 30.7 Å². The van der Waals surface area contributed by atoms with Crippen LogP contribution in [0.5, 0.6) is 0 Å². The van der Waals surface area contributed by atoms with Gasteiger partial charge in [0, 0.05) is 13.1 Å². The molecule has 0 saturated heterocycles. The second kappa shape index (κ2) is 13.1. The van der Waals surface area contributed by atoms with Gasteiger partial charge in [-0.15, -0.1) is 0 Å². The van der Waals surface area contributed by atoms with Crippen molar-refractivity contribution in [1.29, 1.82) is 0 Å². The first kappa shape index (κ1) is 23.1. The lowest BCUT2D eigenvalue weighted by atomic mass is 10.0. The number of nitrogens with two attached hydrogens (primary N) is 1. The van der Waals surface area contributed by atoms with Crippen LogP contribution < -0.4 is 5.73 Å². The number of benzene rings is 1. The molecule has 6 heteroatoms. The number of carbonyl (C=O) groups excluding carboxylic acids is 3. The third kappa shape index (κ3) is 7.28. The highest BCUT2D eigenvalue weighted by atomic mass is 16.5. The van der Waals surface area contributed by atoms with Crippen LogP contribution in [-0.2, 0) is 9.53 Å². The van der Waals surface area contributed by atoms with E-state index in [4.69, 9.17) is 10.5 Å². The average Bonchev–Trinajstić information content (AvgIpc) is 2.98. The molecule has 0 fully saturated rings. The number of nitrogens with zero attached hydrogens (tertiary/aromatic N) is 1. The van der Waals surface area contributed by atoms with E-state index in [1.807, 2.05) is 0 Å². The van der Waals surface area contributed by atoms with Crippen molar-refractivity contribution in [3.63, 3.8) is 0 Å². The molecular weight excluding hydrogens is 368 g/mol. The molecule has 1 heterocycles. The molecule has 160 valence electrons. The molecule has 0 saturated carbocycles. The summed E-state index contributed by atoms with van der Waals surface area (Å²) in [4.78, 5) is 36.3. The number of fused-ring (bicyclic) bond motifs is 1. The topological polar surface area (TPSA) is 89.7 Å². The molecule has 0 bridgehead atoms. The molecular formula is C23H34N2O4. The van der Waals surface area contributed by atoms with Crippen LogP contribution in [0.3, 0.4) is 0 Å². The summed E-state index contributed by atoms with van der Waals surface area (Å²) in [7, 11) is 0. The number of unbranched alkanes of at least 4 members (excludes halogenated alkanes) is 9. The monoisotopic (exact) mass is 402 g/mol. The van der Waals surface area contributed by atoms with Crippen LogP contribution in [0.4, 0.5) is 0 Å². The van der Waals surface area contributed by atoms with Crippen molar-refractivity contribution in [1.82, 2.24) is 4.90 Å². The molecule has 29 heavy (non-hydrogen) atoms. The van der Waals surface area contributed by atoms with E-state index < -0.39 is 0 Å². The van der Waals surface area contributed by atoms with E-state index in [-0.39, 0.29) is 17.9 Å². The van der Waals surface area contributed by atoms with Gasteiger partial charge in [-0.05, 0) is 31.4 Å². The van der Waals surface area contributed by atoms with Crippen molar-refractivity contribution in [3.8, 4) is 0 Å². The summed E-state index contributed by atoms with van der Waals surface area (Å²) >= 11 is 0. The molecule has 0 spiro atoms. The number of hydrogen-bond acceptors (Lipinski definition) is 5. The van der Waals surface area contributed by atoms with Crippen LogP contribution >= 0.6 is 0 Å². The van der Waals surface area contributed by atoms with Crippen molar-refractivity contribution in [3.05, 3.63) is 35.4 Å². The fourth-order valence-electron chi connectivity index (χ4n) is 3.82. The second-order valence-corrected chi connectivity index (χ2v) is 7.72. The Morgan fingerprint density at radius 2 is 1.31 bits per heavy atom. The van der Waals surface area contributed by atoms with E-state index in [2.05, 4.69) is 0 Å². The van der Waals surface area contributed by atoms with Gasteiger partial charge >= 0.3 is 0 Å². The van der Waals surface area contributed by atoms with Crippen molar-refractivity contribution in [2.75, 3.05) is 13.1 Å². The smallest absolute Gasteiger partial charge is 0.293 e. The molecule has 0 aliphatic carbocycles. The Kier molecular flexibility index (Phi) is 10.4. The number of hydrogen-bond donors (Lipinski definition) is 1. The lowest BCUT2D eigenvalue weighted by Crippen LogP contribution is -2.30. The van der Waals surface area contributed by atoms with E-state index in [1.165, 1.54) is 37.0 Å². The van der Waals surface area contributed by atoms with Crippen molar-refractivity contribution in [2.45, 2.75) is 76.7 Å². The number of amides is 2. The van der Waals surface area contributed by atoms with Gasteiger partial charge in [0.25, 0.3) is 18.3 Å². The van der Waals surface area contributed by atoms with Gasteiger partial charge in [-0.3, -0.25) is 19.3 Å². The fourth-order valence-corrected chi connectivity index (χ4v) is 3.82. The van der Waals surface area contributed by atoms with Crippen LogP contribution in [-0.4, -0.2) is 42.4 Å². The maximum Gasteiger partial charge on any atom is 0.293 e. The first-order valence-electron chi connectivity index (χ1n) is 10.9. The minimum Gasteiger partial charge on any atom is -0.463 e. The van der Waals surface area contributed by atoms with E-state index in [1.54, 1.807) is 24.3 Å². The molecule has 2 rings (SSSR count). The summed E-state index contributed by atoms with van der Waals surface area (Å²) in [5.41, 5.74) is 6.61. The van der Waals surface area contributed by atoms with Crippen molar-refractivity contribution in [2.24, 2.45) is 5.73 Å². The predicted molar refractivity (Wildman–Crippen MR) is 113 cm³/mol. The zero-order valence-electron chi connectivity index (χ0n) is 17.3. The van der Waals surface area contributed by atoms with E-state index in [0.717, 1.165) is 38.5 Å². The Morgan fingerprint density at radius 1 is 0.828 bits per heavy atom. The van der Waals surface area contributed by atoms with E-state index in [9.17, 15) is 14.4 Å². The Bertz CT molecular complexity index is 627. The maximum atomic E-state index is 12.3. The van der Waals surface area contributed by atoms with Gasteiger partial charge in [0.15, 0.2) is 0 Å². The number of carbonyl (C=O) groups is 3. The molecule has 1 atom stereocenters. The first-order valence-corrected chi connectivity index (χ1v) is 10.9. The first-order chi connectivity index (χ1) is 14.2. The number of rotatable bonds is 16. The molecule has 1 unspecified atom stereocenters. The van der Waals surface area contributed by atoms with Crippen LogP contribution in [0.1, 0.15) is 91.3 Å². The number of imide groups is 1. The standard InChI is InChI=1S/C23H34N2O4/c24-17-19(29-18-26)13-9-7-5-3-1-2-4-6-8-12-16-25-22(27)20-14-10-11-15-21(20)23(25)28/h10-11,14-15,18-19H,1-9,12-13,16-17,24H2. The third-order valence-corrected chi connectivity index (χ3v) is 5.55. The van der Waals surface area contributed by atoms with Crippen LogP contribution in [0.25, 0.3) is 0 Å². The van der Waals surface area contributed by atoms with Gasteiger partial charge in [0.2, 0.25) is 0 Å². The van der Waals surface area contributed by atoms with Gasteiger partial charge < -0.3 is 10.5 Å². The minimum atomic E-state index is -0.152. The zero-order chi connectivity index (χ0) is 20.9. The third-order valence-electron chi connectivity index (χ3n) is 5.55. The molecule has 2 amide bonds. The molecule has 1 aromatic carbocycles. The minimum absolute atomic E-state index is 0.132. The highest BCUT2D eigenvalue weighted by Crippen LogP contribution is 2.23. The Labute approximate surface area is 173 Å². The second-order valence-electron chi connectivity index (χ2n) is 7.72. The quantitative estimate of drug-likeness (QED) is 0.256. The van der Waals surface area contributed by atoms with Crippen molar-refractivity contribution >= 4 is 18.3 Å². The number of ether oxygens (including phenoxy) is 1. The van der Waals surface area contributed by atoms with E-state index >= 15 is 0 Å². The molecule has 1 aliphatic heterocycles. The maximum absolute atomic E-state index is 12.3. The highest BCUT2D eigenvalue weighted by Gasteiger charge is 2.34. The van der Waals surface area contributed by atoms with Crippen LogP contribution in [0.15, 0.2) is 24.3 Å². The molecule has 2 N–H and O–H groups in total. The molecule has 1 aliphatic rings. The zero-order valence-corrected chi connectivity index (χ0v) is 17.3. The van der Waals surface area contributed by atoms with Gasteiger partial charge in [-0.2, -0.15) is 0 Å². The summed E-state index contributed by atoms with van der Waals surface area (Å²) in [6.45, 7) is 1.40. The van der Waals surface area contributed by atoms with Gasteiger partial charge in [0.1, 0.15) is 6.10 Å². The Hall–Kier alpha value is -2.21. The molecule has 0 aromatic heterocycles. The SMILES string of the molecule is NCC(CCCCCCCCCCCCN1C(=O)c2ccccc2C1=O)OC=O. The fraction of sp³-hybridized carbons (Fsp3) is 0.609. The molecule has 0 radical (unpaired) electrons. The summed E-state index contributed by atoms with van der Waals surface area (Å²) in [6.07, 6.45) is 12.1. The summed E-state index contributed by atoms with van der Waals surface area (Å²) < 4.78 is 4.90. The van der Waals surface area contributed by atoms with Gasteiger partial charge in [0.05, 0.1) is 11.1 Å². The predicted octanol–water partition coefficient (Wildman–Crippen LogP) is 4.07. The molecule has 6 nitrogen and oxygen atoms in total. The van der Waals surface area contributed by atoms with Crippen LogP contribution in [0, 0.1) is 0 Å². The lowest BCUT2D eigenvalue weighted by Gasteiger charge is -2.13. The van der Waals surface area contributed by atoms with Crippen molar-refractivity contribution < 1.29 is 19.1 Å². The highest BCUT2D eigenvalue weighted by molar-refractivity contribution is 6.21. The van der Waals surface area contributed by atoms with Gasteiger partial charge in [-0.25, -0.2) is 0 Å².